The van der Waals surface area contributed by atoms with E-state index in [-0.39, 0.29) is 21.7 Å². The molecule has 1 saturated carbocycles. The van der Waals surface area contributed by atoms with Crippen molar-refractivity contribution in [1.82, 2.24) is 0 Å². The smallest absolute Gasteiger partial charge is 0.188 e. The maximum atomic E-state index is 6.51. The summed E-state index contributed by atoms with van der Waals surface area (Å²) in [6, 6.07) is 25.8. The van der Waals surface area contributed by atoms with Crippen molar-refractivity contribution < 1.29 is 9.47 Å². The largest absolute Gasteiger partial charge is 0.351 e. The highest BCUT2D eigenvalue weighted by Crippen LogP contribution is 2.81. The van der Waals surface area contributed by atoms with Crippen LogP contribution in [0.3, 0.4) is 0 Å². The van der Waals surface area contributed by atoms with Crippen LogP contribution in [-0.4, -0.2) is 20.0 Å². The fourth-order valence-electron chi connectivity index (χ4n) is 11.0. The maximum Gasteiger partial charge on any atom is 0.188 e. The molecule has 8 rings (SSSR count). The molecule has 4 aliphatic carbocycles. The van der Waals surface area contributed by atoms with Crippen molar-refractivity contribution in [3.8, 4) is 11.1 Å². The number of hydrogen-bond donors (Lipinski definition) is 0. The summed E-state index contributed by atoms with van der Waals surface area (Å²) in [4.78, 5) is 0. The van der Waals surface area contributed by atoms with Crippen LogP contribution in [0.25, 0.3) is 21.9 Å². The monoisotopic (exact) mass is 556 g/mol. The summed E-state index contributed by atoms with van der Waals surface area (Å²) in [5.74, 6) is 0.487. The molecular weight excluding hydrogens is 512 g/mol. The Kier molecular flexibility index (Phi) is 4.93. The summed E-state index contributed by atoms with van der Waals surface area (Å²) < 4.78 is 13.0. The van der Waals surface area contributed by atoms with E-state index in [0.29, 0.717) is 17.8 Å². The number of ether oxygens (including phenoxy) is 2. The lowest BCUT2D eigenvalue weighted by Crippen LogP contribution is -2.27. The molecule has 0 spiro atoms. The molecule has 216 valence electrons. The number of benzene rings is 4. The first-order valence-corrected chi connectivity index (χ1v) is 15.8. The van der Waals surface area contributed by atoms with Gasteiger partial charge in [-0.3, -0.25) is 0 Å². The van der Waals surface area contributed by atoms with Gasteiger partial charge in [0.1, 0.15) is 0 Å². The van der Waals surface area contributed by atoms with Gasteiger partial charge >= 0.3 is 0 Å². The first kappa shape index (κ1) is 26.7. The lowest BCUT2D eigenvalue weighted by atomic mass is 9.66. The first-order chi connectivity index (χ1) is 19.9. The SMILES string of the molecule is COC1(OC)C2(C)c3ccc4c(c3-c3cc(C(C)C)c5ccccc5c3C12C)C1C(c2ccccc2C1(C)C)C4(C)C. The molecule has 0 bridgehead atoms. The third-order valence-electron chi connectivity index (χ3n) is 13.0. The Labute approximate surface area is 251 Å². The lowest BCUT2D eigenvalue weighted by molar-refractivity contribution is -0.154. The second kappa shape index (κ2) is 7.76. The van der Waals surface area contributed by atoms with Crippen molar-refractivity contribution in [2.24, 2.45) is 0 Å². The molecule has 4 atom stereocenters. The normalized spacial score (nSPS) is 29.9. The van der Waals surface area contributed by atoms with Crippen molar-refractivity contribution in [2.75, 3.05) is 14.2 Å². The molecule has 4 aromatic carbocycles. The molecule has 0 radical (unpaired) electrons. The highest BCUT2D eigenvalue weighted by molar-refractivity contribution is 6.01. The molecule has 2 nitrogen and oxygen atoms in total. The van der Waals surface area contributed by atoms with E-state index in [1.807, 2.05) is 14.2 Å². The fourth-order valence-corrected chi connectivity index (χ4v) is 11.0. The highest BCUT2D eigenvalue weighted by Gasteiger charge is 2.88. The van der Waals surface area contributed by atoms with Crippen LogP contribution in [0.5, 0.6) is 0 Å². The van der Waals surface area contributed by atoms with Crippen molar-refractivity contribution in [2.45, 2.75) is 101 Å². The van der Waals surface area contributed by atoms with Gasteiger partial charge in [0, 0.05) is 26.1 Å². The third kappa shape index (κ3) is 2.49. The molecule has 42 heavy (non-hydrogen) atoms. The van der Waals surface area contributed by atoms with E-state index in [0.717, 1.165) is 0 Å². The zero-order valence-electron chi connectivity index (χ0n) is 26.9. The minimum Gasteiger partial charge on any atom is -0.351 e. The van der Waals surface area contributed by atoms with Crippen molar-refractivity contribution >= 4 is 10.8 Å². The number of rotatable bonds is 3. The number of hydrogen-bond acceptors (Lipinski definition) is 2. The molecule has 0 heterocycles. The Balaban J connectivity index is 1.57. The van der Waals surface area contributed by atoms with Gasteiger partial charge in [0.25, 0.3) is 0 Å². The predicted molar refractivity (Wildman–Crippen MR) is 173 cm³/mol. The average Bonchev–Trinajstić information content (AvgIpc) is 3.14. The molecule has 4 aliphatic rings. The Morgan fingerprint density at radius 3 is 1.90 bits per heavy atom. The molecule has 1 fully saturated rings. The van der Waals surface area contributed by atoms with E-state index in [1.54, 1.807) is 5.56 Å². The fraction of sp³-hybridized carbons (Fsp3) is 0.450. The quantitative estimate of drug-likeness (QED) is 0.234. The van der Waals surface area contributed by atoms with E-state index in [4.69, 9.17) is 9.47 Å². The Morgan fingerprint density at radius 1 is 0.643 bits per heavy atom. The van der Waals surface area contributed by atoms with Crippen LogP contribution in [0.15, 0.2) is 66.7 Å². The molecule has 2 heteroatoms. The minimum absolute atomic E-state index is 0.0155. The van der Waals surface area contributed by atoms with E-state index in [9.17, 15) is 0 Å². The summed E-state index contributed by atoms with van der Waals surface area (Å²) in [5.41, 5.74) is 12.5. The van der Waals surface area contributed by atoms with Gasteiger partial charge in [0.2, 0.25) is 0 Å². The molecular formula is C40H44O2. The molecule has 0 aromatic heterocycles. The molecule has 4 aromatic rings. The molecule has 0 saturated heterocycles. The van der Waals surface area contributed by atoms with Gasteiger partial charge in [0.05, 0.1) is 10.8 Å². The van der Waals surface area contributed by atoms with Gasteiger partial charge in [-0.2, -0.15) is 0 Å². The molecule has 0 amide bonds. The van der Waals surface area contributed by atoms with Gasteiger partial charge in [-0.05, 0) is 97.5 Å². The van der Waals surface area contributed by atoms with Gasteiger partial charge in [-0.1, -0.05) is 102 Å². The van der Waals surface area contributed by atoms with Crippen LogP contribution in [0.1, 0.15) is 112 Å². The number of methoxy groups -OCH3 is 2. The molecule has 0 aliphatic heterocycles. The van der Waals surface area contributed by atoms with Gasteiger partial charge in [-0.15, -0.1) is 0 Å². The van der Waals surface area contributed by atoms with Crippen molar-refractivity contribution in [3.63, 3.8) is 0 Å². The second-order valence-electron chi connectivity index (χ2n) is 15.3. The van der Waals surface area contributed by atoms with Crippen LogP contribution in [0.4, 0.5) is 0 Å². The summed E-state index contributed by atoms with van der Waals surface area (Å²) in [6.45, 7) is 19.4. The van der Waals surface area contributed by atoms with Crippen molar-refractivity contribution in [1.29, 1.82) is 0 Å². The lowest BCUT2D eigenvalue weighted by Gasteiger charge is -2.36. The highest BCUT2D eigenvalue weighted by atomic mass is 16.7. The van der Waals surface area contributed by atoms with E-state index < -0.39 is 5.79 Å². The predicted octanol–water partition coefficient (Wildman–Crippen LogP) is 9.61. The Bertz CT molecular complexity index is 1840. The first-order valence-electron chi connectivity index (χ1n) is 15.8. The van der Waals surface area contributed by atoms with Crippen molar-refractivity contribution in [3.05, 3.63) is 106 Å². The van der Waals surface area contributed by atoms with E-state index in [1.165, 1.54) is 55.3 Å². The van der Waals surface area contributed by atoms with Crippen LogP contribution < -0.4 is 0 Å². The topological polar surface area (TPSA) is 18.5 Å². The van der Waals surface area contributed by atoms with Crippen LogP contribution in [0.2, 0.25) is 0 Å². The average molecular weight is 557 g/mol. The van der Waals surface area contributed by atoms with Gasteiger partial charge < -0.3 is 9.47 Å². The van der Waals surface area contributed by atoms with Crippen LogP contribution in [-0.2, 0) is 31.1 Å². The van der Waals surface area contributed by atoms with Crippen LogP contribution in [0, 0.1) is 0 Å². The zero-order chi connectivity index (χ0) is 29.8. The minimum atomic E-state index is -0.752. The summed E-state index contributed by atoms with van der Waals surface area (Å²) in [7, 11) is 3.68. The Morgan fingerprint density at radius 2 is 1.24 bits per heavy atom. The van der Waals surface area contributed by atoms with Gasteiger partial charge in [-0.25, -0.2) is 0 Å². The molecule has 4 unspecified atom stereocenters. The Hall–Kier alpha value is -2.94. The van der Waals surface area contributed by atoms with E-state index >= 15 is 0 Å². The second-order valence-corrected chi connectivity index (χ2v) is 15.3. The zero-order valence-corrected chi connectivity index (χ0v) is 26.9. The third-order valence-corrected chi connectivity index (χ3v) is 13.0. The van der Waals surface area contributed by atoms with Gasteiger partial charge in [0.15, 0.2) is 5.79 Å². The van der Waals surface area contributed by atoms with Crippen LogP contribution >= 0.6 is 0 Å². The summed E-state index contributed by atoms with van der Waals surface area (Å²) in [5, 5.41) is 2.69. The summed E-state index contributed by atoms with van der Waals surface area (Å²) >= 11 is 0. The molecule has 0 N–H and O–H groups in total. The maximum absolute atomic E-state index is 6.51. The summed E-state index contributed by atoms with van der Waals surface area (Å²) in [6.07, 6.45) is 0. The number of fused-ring (bicyclic) bond motifs is 14. The van der Waals surface area contributed by atoms with E-state index in [2.05, 4.69) is 122 Å². The standard InChI is InChI=1S/C40H44O2/c1-22(2)26-21-27-31-30(38(7)39(8,40(38,41-9)42-10)33(27)24-16-12-11-15-23(24)26)20-19-29-32(31)35-34(37(29,5)6)25-17-13-14-18-28(25)36(35,3)4/h11-22,34-35H,1-10H3.